The first kappa shape index (κ1) is 25.7. The van der Waals surface area contributed by atoms with Crippen molar-refractivity contribution in [3.8, 4) is 0 Å². The molecule has 5 N–H and O–H groups in total. The molecule has 0 aromatic carbocycles. The van der Waals surface area contributed by atoms with Crippen molar-refractivity contribution in [1.82, 2.24) is 15.1 Å². The second-order valence-corrected chi connectivity index (χ2v) is 9.98. The van der Waals surface area contributed by atoms with Crippen molar-refractivity contribution in [2.75, 3.05) is 32.8 Å². The quantitative estimate of drug-likeness (QED) is 0.287. The van der Waals surface area contributed by atoms with Crippen molar-refractivity contribution in [1.29, 1.82) is 5.41 Å². The van der Waals surface area contributed by atoms with Gasteiger partial charge in [0.1, 0.15) is 0 Å². The normalized spacial score (nSPS) is 23.9. The van der Waals surface area contributed by atoms with Gasteiger partial charge in [-0.05, 0) is 63.8 Å². The molecule has 0 aromatic rings. The first-order valence-corrected chi connectivity index (χ1v) is 12.9. The van der Waals surface area contributed by atoms with E-state index in [1.807, 2.05) is 9.80 Å². The number of piperidine rings is 2. The second-order valence-electron chi connectivity index (χ2n) is 9.98. The van der Waals surface area contributed by atoms with Crippen molar-refractivity contribution in [2.45, 2.75) is 95.2 Å². The van der Waals surface area contributed by atoms with Crippen molar-refractivity contribution >= 4 is 17.8 Å². The number of likely N-dealkylation sites (tertiary alicyclic amines) is 2. The summed E-state index contributed by atoms with van der Waals surface area (Å²) in [4.78, 5) is 28.7. The van der Waals surface area contributed by atoms with Crippen molar-refractivity contribution < 1.29 is 19.4 Å². The van der Waals surface area contributed by atoms with E-state index in [0.717, 1.165) is 71.0 Å². The van der Waals surface area contributed by atoms with Gasteiger partial charge in [0, 0.05) is 32.3 Å². The Kier molecular flexibility index (Phi) is 10.2. The number of amides is 1. The highest BCUT2D eigenvalue weighted by Crippen LogP contribution is 2.25. The Labute approximate surface area is 197 Å². The van der Waals surface area contributed by atoms with E-state index < -0.39 is 12.0 Å². The zero-order chi connectivity index (χ0) is 23.6. The van der Waals surface area contributed by atoms with Gasteiger partial charge in [-0.15, -0.1) is 0 Å². The number of hydrogen-bond acceptors (Lipinski definition) is 5. The van der Waals surface area contributed by atoms with E-state index in [9.17, 15) is 14.7 Å². The number of aliphatic carboxylic acids is 1. The predicted octanol–water partition coefficient (Wildman–Crippen LogP) is 2.15. The van der Waals surface area contributed by atoms with Crippen LogP contribution in [0.25, 0.3) is 0 Å². The molecule has 2 aliphatic heterocycles. The summed E-state index contributed by atoms with van der Waals surface area (Å²) in [5.41, 5.74) is 5.56. The summed E-state index contributed by atoms with van der Waals surface area (Å²) in [6.45, 7) is 3.51. The fourth-order valence-electron chi connectivity index (χ4n) is 5.55. The summed E-state index contributed by atoms with van der Waals surface area (Å²) < 4.78 is 6.11. The molecule has 3 aliphatic rings. The van der Waals surface area contributed by atoms with E-state index in [1.54, 1.807) is 0 Å². The Morgan fingerprint density at radius 1 is 1.03 bits per heavy atom. The number of nitrogens with zero attached hydrogens (tertiary/aromatic N) is 2. The third-order valence-electron chi connectivity index (χ3n) is 7.55. The van der Waals surface area contributed by atoms with Crippen molar-refractivity contribution in [2.24, 2.45) is 11.7 Å². The number of carbonyl (C=O) groups excluding carboxylic acids is 1. The van der Waals surface area contributed by atoms with Crippen LogP contribution < -0.4 is 11.1 Å². The molecule has 0 radical (unpaired) electrons. The number of carboxylic acid groups (broad SMARTS) is 1. The summed E-state index contributed by atoms with van der Waals surface area (Å²) in [5.74, 6) is -0.327. The fraction of sp³-hybridized carbons (Fsp3) is 0.875. The second kappa shape index (κ2) is 13.1. The number of guanidine groups is 1. The molecule has 188 valence electrons. The van der Waals surface area contributed by atoms with Crippen LogP contribution in [0.4, 0.5) is 0 Å². The molecule has 2 heterocycles. The maximum atomic E-state index is 13.4. The SMILES string of the molecule is N=C(N)N1CCC(OCC[C@H]2CCCCN2C(=O)[C@H](CC(=O)O)NCC2CCCCC2)CC1. The molecular weight excluding hydrogens is 422 g/mol. The summed E-state index contributed by atoms with van der Waals surface area (Å²) in [5, 5.41) is 20.3. The molecule has 9 nitrogen and oxygen atoms in total. The molecule has 9 heteroatoms. The first-order chi connectivity index (χ1) is 15.9. The van der Waals surface area contributed by atoms with Gasteiger partial charge in [-0.3, -0.25) is 15.0 Å². The number of rotatable bonds is 10. The zero-order valence-corrected chi connectivity index (χ0v) is 20.0. The van der Waals surface area contributed by atoms with Crippen LogP contribution in [0.2, 0.25) is 0 Å². The highest BCUT2D eigenvalue weighted by Gasteiger charge is 2.33. The van der Waals surface area contributed by atoms with Gasteiger partial charge in [0.2, 0.25) is 5.91 Å². The average Bonchev–Trinajstić information content (AvgIpc) is 2.82. The van der Waals surface area contributed by atoms with Gasteiger partial charge in [-0.2, -0.15) is 0 Å². The zero-order valence-electron chi connectivity index (χ0n) is 20.0. The van der Waals surface area contributed by atoms with Gasteiger partial charge in [-0.1, -0.05) is 19.3 Å². The van der Waals surface area contributed by atoms with Crippen LogP contribution in [0, 0.1) is 11.3 Å². The molecule has 1 amide bonds. The van der Waals surface area contributed by atoms with Gasteiger partial charge in [0.05, 0.1) is 18.6 Å². The lowest BCUT2D eigenvalue weighted by atomic mass is 9.89. The van der Waals surface area contributed by atoms with Crippen LogP contribution in [0.3, 0.4) is 0 Å². The number of carboxylic acids is 1. The van der Waals surface area contributed by atoms with Crippen LogP contribution in [0.5, 0.6) is 0 Å². The van der Waals surface area contributed by atoms with Crippen LogP contribution >= 0.6 is 0 Å². The number of ether oxygens (including phenoxy) is 1. The number of hydrogen-bond donors (Lipinski definition) is 4. The Bertz CT molecular complexity index is 647. The van der Waals surface area contributed by atoms with Crippen LogP contribution in [0.15, 0.2) is 0 Å². The summed E-state index contributed by atoms with van der Waals surface area (Å²) in [7, 11) is 0. The van der Waals surface area contributed by atoms with E-state index in [4.69, 9.17) is 15.9 Å². The number of carbonyl (C=O) groups is 2. The van der Waals surface area contributed by atoms with E-state index >= 15 is 0 Å². The molecule has 1 saturated carbocycles. The molecular formula is C24H43N5O4. The summed E-state index contributed by atoms with van der Waals surface area (Å²) in [6.07, 6.45) is 11.6. The Balaban J connectivity index is 1.49. The van der Waals surface area contributed by atoms with Crippen molar-refractivity contribution in [3.05, 3.63) is 0 Å². The molecule has 3 rings (SSSR count). The minimum Gasteiger partial charge on any atom is -0.481 e. The third kappa shape index (κ3) is 8.14. The molecule has 2 saturated heterocycles. The van der Waals surface area contributed by atoms with E-state index in [-0.39, 0.29) is 30.4 Å². The third-order valence-corrected chi connectivity index (χ3v) is 7.55. The molecule has 0 unspecified atom stereocenters. The Morgan fingerprint density at radius 2 is 1.73 bits per heavy atom. The molecule has 0 aromatic heterocycles. The van der Waals surface area contributed by atoms with Gasteiger partial charge in [0.15, 0.2) is 5.96 Å². The van der Waals surface area contributed by atoms with E-state index in [0.29, 0.717) is 19.1 Å². The van der Waals surface area contributed by atoms with E-state index in [1.165, 1.54) is 19.3 Å². The topological polar surface area (TPSA) is 132 Å². The molecule has 3 fully saturated rings. The average molecular weight is 466 g/mol. The van der Waals surface area contributed by atoms with Crippen LogP contribution in [-0.2, 0) is 14.3 Å². The maximum absolute atomic E-state index is 13.4. The van der Waals surface area contributed by atoms with Crippen LogP contribution in [-0.4, -0.2) is 83.7 Å². The molecule has 33 heavy (non-hydrogen) atoms. The highest BCUT2D eigenvalue weighted by atomic mass is 16.5. The minimum atomic E-state index is -0.932. The first-order valence-electron chi connectivity index (χ1n) is 12.9. The minimum absolute atomic E-state index is 0.0623. The van der Waals surface area contributed by atoms with Crippen molar-refractivity contribution in [3.63, 3.8) is 0 Å². The van der Waals surface area contributed by atoms with Crippen LogP contribution in [0.1, 0.15) is 77.0 Å². The van der Waals surface area contributed by atoms with Gasteiger partial charge >= 0.3 is 5.97 Å². The summed E-state index contributed by atoms with van der Waals surface area (Å²) >= 11 is 0. The predicted molar refractivity (Wildman–Crippen MR) is 127 cm³/mol. The van der Waals surface area contributed by atoms with Gasteiger partial charge in [0.25, 0.3) is 0 Å². The molecule has 1 aliphatic carbocycles. The monoisotopic (exact) mass is 465 g/mol. The lowest BCUT2D eigenvalue weighted by Gasteiger charge is -2.39. The Hall–Kier alpha value is -1.87. The van der Waals surface area contributed by atoms with Gasteiger partial charge < -0.3 is 30.7 Å². The Morgan fingerprint density at radius 3 is 2.39 bits per heavy atom. The molecule has 0 spiro atoms. The molecule has 2 atom stereocenters. The molecule has 0 bridgehead atoms. The summed E-state index contributed by atoms with van der Waals surface area (Å²) in [6, 6.07) is -0.543. The van der Waals surface area contributed by atoms with Gasteiger partial charge in [-0.25, -0.2) is 0 Å². The number of nitrogens with two attached hydrogens (primary N) is 1. The highest BCUT2D eigenvalue weighted by molar-refractivity contribution is 5.86. The lowest BCUT2D eigenvalue weighted by molar-refractivity contribution is -0.144. The fourth-order valence-corrected chi connectivity index (χ4v) is 5.55. The van der Waals surface area contributed by atoms with E-state index in [2.05, 4.69) is 5.32 Å². The smallest absolute Gasteiger partial charge is 0.305 e. The largest absolute Gasteiger partial charge is 0.481 e. The lowest BCUT2D eigenvalue weighted by Crippen LogP contribution is -2.53. The number of nitrogens with one attached hydrogen (secondary N) is 2. The maximum Gasteiger partial charge on any atom is 0.305 e. The standard InChI is InChI=1S/C24H43N5O4/c25-24(26)28-13-9-20(10-14-28)33-15-11-19-8-4-5-12-29(19)23(32)21(16-22(30)31)27-17-18-6-2-1-3-7-18/h18-21,27H,1-17H2,(H3,25,26)(H,30,31)/t19-,21+/m1/s1.